The van der Waals surface area contributed by atoms with Crippen molar-refractivity contribution < 1.29 is 4.92 Å². The van der Waals surface area contributed by atoms with E-state index >= 15 is 0 Å². The van der Waals surface area contributed by atoms with Gasteiger partial charge in [-0.3, -0.25) is 15.5 Å². The van der Waals surface area contributed by atoms with Crippen molar-refractivity contribution in [3.8, 4) is 0 Å². The molecule has 0 radical (unpaired) electrons. The number of fused-ring (bicyclic) bond motifs is 1. The third-order valence-corrected chi connectivity index (χ3v) is 4.74. The van der Waals surface area contributed by atoms with Gasteiger partial charge in [-0.05, 0) is 30.4 Å². The van der Waals surface area contributed by atoms with Crippen LogP contribution < -0.4 is 10.3 Å². The molecule has 1 aromatic heterocycles. The first-order chi connectivity index (χ1) is 13.2. The number of nitro groups is 1. The van der Waals surface area contributed by atoms with Gasteiger partial charge in [-0.25, -0.2) is 4.98 Å². The van der Waals surface area contributed by atoms with Crippen LogP contribution in [0.15, 0.2) is 59.8 Å². The minimum Gasteiger partial charge on any atom is -0.371 e. The third-order valence-electron chi connectivity index (χ3n) is 4.74. The molecule has 0 spiro atoms. The number of hydrazone groups is 1. The van der Waals surface area contributed by atoms with E-state index in [2.05, 4.69) is 38.6 Å². The molecule has 0 atom stereocenters. The zero-order valence-corrected chi connectivity index (χ0v) is 14.7. The van der Waals surface area contributed by atoms with Crippen LogP contribution in [0, 0.1) is 10.1 Å². The predicted octanol–water partition coefficient (Wildman–Crippen LogP) is 4.19. The van der Waals surface area contributed by atoms with E-state index in [-0.39, 0.29) is 11.5 Å². The lowest BCUT2D eigenvalue weighted by Gasteiger charge is -2.20. The summed E-state index contributed by atoms with van der Waals surface area (Å²) in [4.78, 5) is 17.0. The zero-order valence-electron chi connectivity index (χ0n) is 14.7. The van der Waals surface area contributed by atoms with E-state index in [0.717, 1.165) is 24.0 Å². The van der Waals surface area contributed by atoms with E-state index in [0.29, 0.717) is 0 Å². The van der Waals surface area contributed by atoms with Crippen LogP contribution in [0.4, 0.5) is 17.2 Å². The van der Waals surface area contributed by atoms with Crippen molar-refractivity contribution >= 4 is 34.2 Å². The molecule has 1 fully saturated rings. The molecule has 0 aliphatic carbocycles. The SMILES string of the molecule is O=[N+]([O-])c1cccnc1N/N=C\c1ccc(N2CCCC2)c2ccccc12. The Hall–Kier alpha value is -3.48. The average molecular weight is 361 g/mol. The van der Waals surface area contributed by atoms with Crippen molar-refractivity contribution in [1.29, 1.82) is 0 Å². The molecule has 136 valence electrons. The van der Waals surface area contributed by atoms with E-state index in [1.165, 1.54) is 42.2 Å². The molecule has 3 aromatic rings. The highest BCUT2D eigenvalue weighted by molar-refractivity contribution is 6.05. The van der Waals surface area contributed by atoms with Crippen molar-refractivity contribution in [3.05, 3.63) is 70.4 Å². The van der Waals surface area contributed by atoms with Crippen molar-refractivity contribution in [2.24, 2.45) is 5.10 Å². The number of hydrogen-bond acceptors (Lipinski definition) is 6. The summed E-state index contributed by atoms with van der Waals surface area (Å²) in [6.45, 7) is 2.17. The fourth-order valence-corrected chi connectivity index (χ4v) is 3.45. The molecule has 1 N–H and O–H groups in total. The highest BCUT2D eigenvalue weighted by Crippen LogP contribution is 2.31. The number of nitrogens with one attached hydrogen (secondary N) is 1. The Labute approximate surface area is 156 Å². The van der Waals surface area contributed by atoms with Gasteiger partial charge in [0.15, 0.2) is 0 Å². The molecular formula is C20H19N5O2. The Kier molecular flexibility index (Phi) is 4.65. The summed E-state index contributed by atoms with van der Waals surface area (Å²) in [6, 6.07) is 15.3. The van der Waals surface area contributed by atoms with Crippen LogP contribution in [0.2, 0.25) is 0 Å². The highest BCUT2D eigenvalue weighted by atomic mass is 16.6. The second kappa shape index (κ2) is 7.41. The third kappa shape index (κ3) is 3.44. The summed E-state index contributed by atoms with van der Waals surface area (Å²) < 4.78 is 0. The molecule has 0 bridgehead atoms. The van der Waals surface area contributed by atoms with Gasteiger partial charge in [0.2, 0.25) is 5.82 Å². The van der Waals surface area contributed by atoms with Crippen LogP contribution in [0.25, 0.3) is 10.8 Å². The Balaban J connectivity index is 1.64. The van der Waals surface area contributed by atoms with Crippen LogP contribution in [0.1, 0.15) is 18.4 Å². The molecule has 4 rings (SSSR count). The van der Waals surface area contributed by atoms with Crippen LogP contribution in [0.3, 0.4) is 0 Å². The topological polar surface area (TPSA) is 83.7 Å². The van der Waals surface area contributed by atoms with Crippen molar-refractivity contribution in [2.75, 3.05) is 23.4 Å². The van der Waals surface area contributed by atoms with Gasteiger partial charge in [0.05, 0.1) is 11.1 Å². The Bertz CT molecular complexity index is 1010. The molecule has 7 nitrogen and oxygen atoms in total. The maximum absolute atomic E-state index is 11.1. The van der Waals surface area contributed by atoms with Crippen molar-refractivity contribution in [2.45, 2.75) is 12.8 Å². The van der Waals surface area contributed by atoms with Crippen LogP contribution in [0.5, 0.6) is 0 Å². The van der Waals surface area contributed by atoms with Crippen LogP contribution >= 0.6 is 0 Å². The summed E-state index contributed by atoms with van der Waals surface area (Å²) in [5.74, 6) is 0.122. The predicted molar refractivity (Wildman–Crippen MR) is 108 cm³/mol. The van der Waals surface area contributed by atoms with Gasteiger partial charge in [-0.2, -0.15) is 5.10 Å². The summed E-state index contributed by atoms with van der Waals surface area (Å²) >= 11 is 0. The Morgan fingerprint density at radius 3 is 2.63 bits per heavy atom. The Morgan fingerprint density at radius 2 is 1.85 bits per heavy atom. The number of anilines is 2. The monoisotopic (exact) mass is 361 g/mol. The van der Waals surface area contributed by atoms with E-state index in [9.17, 15) is 10.1 Å². The first-order valence-corrected chi connectivity index (χ1v) is 8.89. The van der Waals surface area contributed by atoms with Crippen LogP contribution in [-0.2, 0) is 0 Å². The van der Waals surface area contributed by atoms with Gasteiger partial charge in [0, 0.05) is 42.0 Å². The van der Waals surface area contributed by atoms with Crippen LogP contribution in [-0.4, -0.2) is 29.2 Å². The van der Waals surface area contributed by atoms with E-state index in [1.807, 2.05) is 18.2 Å². The van der Waals surface area contributed by atoms with E-state index in [4.69, 9.17) is 0 Å². The molecule has 0 amide bonds. The molecule has 0 unspecified atom stereocenters. The van der Waals surface area contributed by atoms with Crippen molar-refractivity contribution in [1.82, 2.24) is 4.98 Å². The molecule has 7 heteroatoms. The molecule has 2 aromatic carbocycles. The number of nitrogens with zero attached hydrogens (tertiary/aromatic N) is 4. The van der Waals surface area contributed by atoms with Gasteiger partial charge >= 0.3 is 5.69 Å². The lowest BCUT2D eigenvalue weighted by atomic mass is 10.0. The Morgan fingerprint density at radius 1 is 1.07 bits per heavy atom. The molecule has 27 heavy (non-hydrogen) atoms. The number of benzene rings is 2. The van der Waals surface area contributed by atoms with E-state index in [1.54, 1.807) is 6.21 Å². The van der Waals surface area contributed by atoms with E-state index < -0.39 is 4.92 Å². The molecular weight excluding hydrogens is 342 g/mol. The quantitative estimate of drug-likeness (QED) is 0.418. The maximum Gasteiger partial charge on any atom is 0.313 e. The summed E-state index contributed by atoms with van der Waals surface area (Å²) in [6.07, 6.45) is 5.62. The first-order valence-electron chi connectivity index (χ1n) is 8.89. The minimum absolute atomic E-state index is 0.108. The van der Waals surface area contributed by atoms with Gasteiger partial charge in [-0.15, -0.1) is 0 Å². The summed E-state index contributed by atoms with van der Waals surface area (Å²) in [5, 5.41) is 17.5. The fraction of sp³-hybridized carbons (Fsp3) is 0.200. The maximum atomic E-state index is 11.1. The second-order valence-corrected chi connectivity index (χ2v) is 6.41. The smallest absolute Gasteiger partial charge is 0.313 e. The summed E-state index contributed by atoms with van der Waals surface area (Å²) in [7, 11) is 0. The zero-order chi connectivity index (χ0) is 18.6. The molecule has 1 saturated heterocycles. The first kappa shape index (κ1) is 17.0. The standard InChI is InChI=1S/C20H19N5O2/c26-25(27)19-8-5-11-21-20(19)23-22-14-15-9-10-18(24-12-3-4-13-24)17-7-2-1-6-16(15)17/h1-2,5-11,14H,3-4,12-13H2,(H,21,23)/b22-14-. The molecule has 0 saturated carbocycles. The normalized spacial score (nSPS) is 14.1. The molecule has 1 aliphatic rings. The number of aromatic nitrogens is 1. The largest absolute Gasteiger partial charge is 0.371 e. The number of pyridine rings is 1. The van der Waals surface area contributed by atoms with Gasteiger partial charge in [-0.1, -0.05) is 30.3 Å². The minimum atomic E-state index is -0.481. The lowest BCUT2D eigenvalue weighted by molar-refractivity contribution is -0.384. The number of rotatable bonds is 5. The van der Waals surface area contributed by atoms with Crippen molar-refractivity contribution in [3.63, 3.8) is 0 Å². The molecule has 2 heterocycles. The fourth-order valence-electron chi connectivity index (χ4n) is 3.45. The summed E-state index contributed by atoms with van der Waals surface area (Å²) in [5.41, 5.74) is 4.76. The van der Waals surface area contributed by atoms with Gasteiger partial charge in [0.1, 0.15) is 0 Å². The van der Waals surface area contributed by atoms with Gasteiger partial charge < -0.3 is 4.90 Å². The highest BCUT2D eigenvalue weighted by Gasteiger charge is 2.16. The molecule has 1 aliphatic heterocycles. The second-order valence-electron chi connectivity index (χ2n) is 6.41. The van der Waals surface area contributed by atoms with Gasteiger partial charge in [0.25, 0.3) is 0 Å². The lowest BCUT2D eigenvalue weighted by Crippen LogP contribution is -2.17. The average Bonchev–Trinajstić information content (AvgIpc) is 3.23. The number of hydrogen-bond donors (Lipinski definition) is 1.